The van der Waals surface area contributed by atoms with Crippen molar-refractivity contribution in [2.75, 3.05) is 0 Å². The summed E-state index contributed by atoms with van der Waals surface area (Å²) in [5.41, 5.74) is 8.68. The molecule has 1 heterocycles. The van der Waals surface area contributed by atoms with E-state index in [1.54, 1.807) is 0 Å². The van der Waals surface area contributed by atoms with Crippen molar-refractivity contribution < 1.29 is 0 Å². The molecule has 0 saturated carbocycles. The minimum atomic E-state index is 0.0722. The van der Waals surface area contributed by atoms with E-state index in [-0.39, 0.29) is 5.41 Å². The van der Waals surface area contributed by atoms with Crippen LogP contribution in [0.1, 0.15) is 37.2 Å². The van der Waals surface area contributed by atoms with Crippen LogP contribution in [0.15, 0.2) is 115 Å². The summed E-state index contributed by atoms with van der Waals surface area (Å²) in [6, 6.07) is 37.1. The van der Waals surface area contributed by atoms with Crippen LogP contribution in [-0.4, -0.2) is 9.97 Å². The van der Waals surface area contributed by atoms with E-state index in [1.165, 1.54) is 43.8 Å². The summed E-state index contributed by atoms with van der Waals surface area (Å²) in [4.78, 5) is 10.4. The Balaban J connectivity index is 1.28. The monoisotopic (exact) mass is 500 g/mol. The fourth-order valence-electron chi connectivity index (χ4n) is 6.88. The molecule has 1 aromatic heterocycles. The van der Waals surface area contributed by atoms with Crippen LogP contribution in [0, 0.1) is 5.92 Å². The van der Waals surface area contributed by atoms with Gasteiger partial charge in [-0.3, -0.25) is 0 Å². The number of hydrogen-bond acceptors (Lipinski definition) is 2. The summed E-state index contributed by atoms with van der Waals surface area (Å²) < 4.78 is 0. The number of para-hydroxylation sites is 1. The Morgan fingerprint density at radius 1 is 0.667 bits per heavy atom. The van der Waals surface area contributed by atoms with Crippen molar-refractivity contribution in [2.45, 2.75) is 25.7 Å². The van der Waals surface area contributed by atoms with Crippen molar-refractivity contribution >= 4 is 43.6 Å². The second-order valence-electron chi connectivity index (χ2n) is 11.5. The number of aromatic nitrogens is 2. The van der Waals surface area contributed by atoms with E-state index in [0.717, 1.165) is 34.4 Å². The zero-order valence-corrected chi connectivity index (χ0v) is 22.1. The predicted octanol–water partition coefficient (Wildman–Crippen LogP) is 9.38. The van der Waals surface area contributed by atoms with Crippen LogP contribution in [0.5, 0.6) is 0 Å². The lowest BCUT2D eigenvalue weighted by Crippen LogP contribution is -2.25. The number of benzene rings is 5. The molecule has 5 aromatic carbocycles. The van der Waals surface area contributed by atoms with E-state index >= 15 is 0 Å². The Bertz CT molecular complexity index is 2030. The highest BCUT2D eigenvalue weighted by Crippen LogP contribution is 2.54. The molecule has 186 valence electrons. The lowest BCUT2D eigenvalue weighted by atomic mass is 9.73. The van der Waals surface area contributed by atoms with Gasteiger partial charge < -0.3 is 0 Å². The number of allylic oxidation sites excluding steroid dienone is 4. The van der Waals surface area contributed by atoms with Crippen molar-refractivity contribution in [1.82, 2.24) is 9.97 Å². The summed E-state index contributed by atoms with van der Waals surface area (Å²) in [7, 11) is 0. The third kappa shape index (κ3) is 3.34. The molecule has 1 unspecified atom stereocenters. The number of rotatable bonds is 2. The van der Waals surface area contributed by atoms with Gasteiger partial charge in [0.1, 0.15) is 0 Å². The van der Waals surface area contributed by atoms with Crippen LogP contribution in [0.25, 0.3) is 54.9 Å². The van der Waals surface area contributed by atoms with Crippen molar-refractivity contribution in [3.05, 3.63) is 132 Å². The quantitative estimate of drug-likeness (QED) is 0.221. The normalized spacial score (nSPS) is 17.6. The summed E-state index contributed by atoms with van der Waals surface area (Å²) in [6.45, 7) is 4.76. The van der Waals surface area contributed by atoms with E-state index in [0.29, 0.717) is 5.92 Å². The van der Waals surface area contributed by atoms with Crippen LogP contribution >= 0.6 is 0 Å². The molecule has 0 radical (unpaired) electrons. The van der Waals surface area contributed by atoms with Crippen LogP contribution < -0.4 is 0 Å². The van der Waals surface area contributed by atoms with Gasteiger partial charge in [0.15, 0.2) is 5.82 Å². The Morgan fingerprint density at radius 3 is 2.33 bits per heavy atom. The number of nitrogens with zero attached hydrogens (tertiary/aromatic N) is 2. The van der Waals surface area contributed by atoms with E-state index < -0.39 is 0 Å². The summed E-state index contributed by atoms with van der Waals surface area (Å²) in [5, 5.41) is 6.13. The minimum Gasteiger partial charge on any atom is -0.228 e. The fourth-order valence-corrected chi connectivity index (χ4v) is 6.88. The first-order valence-electron chi connectivity index (χ1n) is 13.8. The average molecular weight is 501 g/mol. The first-order valence-corrected chi connectivity index (χ1v) is 13.8. The van der Waals surface area contributed by atoms with Gasteiger partial charge in [0.25, 0.3) is 0 Å². The molecule has 39 heavy (non-hydrogen) atoms. The summed E-state index contributed by atoms with van der Waals surface area (Å²) >= 11 is 0. The van der Waals surface area contributed by atoms with Crippen LogP contribution in [0.2, 0.25) is 0 Å². The molecular weight excluding hydrogens is 472 g/mol. The van der Waals surface area contributed by atoms with E-state index in [4.69, 9.17) is 9.97 Å². The smallest absolute Gasteiger partial charge is 0.156 e. The maximum Gasteiger partial charge on any atom is 0.156 e. The molecule has 1 atom stereocenters. The van der Waals surface area contributed by atoms with Crippen LogP contribution in [-0.2, 0) is 5.41 Å². The van der Waals surface area contributed by atoms with Gasteiger partial charge in [-0.25, -0.2) is 9.97 Å². The number of hydrogen-bond donors (Lipinski definition) is 0. The molecule has 0 aliphatic heterocycles. The molecule has 0 fully saturated rings. The van der Waals surface area contributed by atoms with E-state index in [9.17, 15) is 0 Å². The van der Waals surface area contributed by atoms with E-state index in [1.807, 2.05) is 0 Å². The van der Waals surface area contributed by atoms with Crippen molar-refractivity contribution in [2.24, 2.45) is 5.92 Å². The molecule has 0 bridgehead atoms. The fraction of sp³-hybridized carbons (Fsp3) is 0.135. The molecule has 2 aliphatic rings. The predicted molar refractivity (Wildman–Crippen MR) is 164 cm³/mol. The zero-order chi connectivity index (χ0) is 26.1. The van der Waals surface area contributed by atoms with Gasteiger partial charge in [-0.15, -0.1) is 0 Å². The molecule has 0 spiro atoms. The largest absolute Gasteiger partial charge is 0.228 e. The minimum absolute atomic E-state index is 0.0722. The Labute approximate surface area is 228 Å². The standard InChI is InChI=1S/C37H28N2/c1-37(2)32-13-7-5-11-29(32)30-20-18-26(22-33(30)37)36-38-34-14-8-6-12-31(34)35(39-36)25-17-19-28-24(21-25)16-15-23-9-3-4-10-27(23)28/h3-21,33H,22H2,1-2H3. The Morgan fingerprint density at radius 2 is 1.41 bits per heavy atom. The van der Waals surface area contributed by atoms with Crippen LogP contribution in [0.4, 0.5) is 0 Å². The van der Waals surface area contributed by atoms with Gasteiger partial charge in [0.05, 0.1) is 11.2 Å². The molecule has 0 N–H and O–H groups in total. The lowest BCUT2D eigenvalue weighted by molar-refractivity contribution is 0.418. The van der Waals surface area contributed by atoms with Gasteiger partial charge in [-0.05, 0) is 73.7 Å². The third-order valence-electron chi connectivity index (χ3n) is 8.98. The molecule has 0 saturated heterocycles. The highest BCUT2D eigenvalue weighted by atomic mass is 14.9. The lowest BCUT2D eigenvalue weighted by Gasteiger charge is -2.31. The molecule has 2 nitrogen and oxygen atoms in total. The summed E-state index contributed by atoms with van der Waals surface area (Å²) in [5.74, 6) is 1.26. The molecule has 0 amide bonds. The summed E-state index contributed by atoms with van der Waals surface area (Å²) in [6.07, 6.45) is 5.51. The first kappa shape index (κ1) is 22.4. The third-order valence-corrected chi connectivity index (χ3v) is 8.98. The maximum atomic E-state index is 5.27. The number of fused-ring (bicyclic) bond motifs is 7. The van der Waals surface area contributed by atoms with Gasteiger partial charge in [0, 0.05) is 10.9 Å². The van der Waals surface area contributed by atoms with Crippen molar-refractivity contribution in [3.63, 3.8) is 0 Å². The second-order valence-corrected chi connectivity index (χ2v) is 11.5. The van der Waals surface area contributed by atoms with Gasteiger partial charge in [0.2, 0.25) is 0 Å². The average Bonchev–Trinajstić information content (AvgIpc) is 3.22. The van der Waals surface area contributed by atoms with Crippen molar-refractivity contribution in [3.8, 4) is 11.3 Å². The van der Waals surface area contributed by atoms with Crippen molar-refractivity contribution in [1.29, 1.82) is 0 Å². The topological polar surface area (TPSA) is 25.8 Å². The Kier molecular flexibility index (Phi) is 4.73. The molecule has 2 heteroatoms. The molecule has 2 aliphatic carbocycles. The highest BCUT2D eigenvalue weighted by molar-refractivity contribution is 6.09. The van der Waals surface area contributed by atoms with Crippen LogP contribution in [0.3, 0.4) is 0 Å². The molecule has 8 rings (SSSR count). The first-order chi connectivity index (χ1) is 19.1. The zero-order valence-electron chi connectivity index (χ0n) is 22.1. The van der Waals surface area contributed by atoms with Gasteiger partial charge in [-0.2, -0.15) is 0 Å². The van der Waals surface area contributed by atoms with E-state index in [2.05, 4.69) is 129 Å². The molecular formula is C37H28N2. The Hall–Kier alpha value is -4.56. The molecule has 6 aromatic rings. The maximum absolute atomic E-state index is 5.27. The van der Waals surface area contributed by atoms with Gasteiger partial charge >= 0.3 is 0 Å². The SMILES string of the molecule is CC1(C)c2ccccc2C2=CC=C(c3nc(-c4ccc5c(ccc6ccccc65)c4)c4ccccc4n3)CC21. The van der Waals surface area contributed by atoms with Gasteiger partial charge in [-0.1, -0.05) is 117 Å². The highest BCUT2D eigenvalue weighted by Gasteiger charge is 2.43. The second kappa shape index (κ2) is 8.22.